The van der Waals surface area contributed by atoms with E-state index in [9.17, 15) is 0 Å². The number of ether oxygens (including phenoxy) is 1. The van der Waals surface area contributed by atoms with Gasteiger partial charge in [0.1, 0.15) is 0 Å². The van der Waals surface area contributed by atoms with Crippen LogP contribution in [0.1, 0.15) is 32.1 Å². The van der Waals surface area contributed by atoms with E-state index in [1.54, 1.807) is 0 Å². The van der Waals surface area contributed by atoms with Crippen LogP contribution in [-0.2, 0) is 4.74 Å². The van der Waals surface area contributed by atoms with Gasteiger partial charge in [-0.1, -0.05) is 19.3 Å². The topological polar surface area (TPSA) is 9.23 Å². The molecule has 1 saturated carbocycles. The third-order valence-corrected chi connectivity index (χ3v) is 3.08. The SMILES string of the molecule is C1CC2CCOCCC2C1. The Labute approximate surface area is 62.8 Å². The minimum Gasteiger partial charge on any atom is -0.381 e. The summed E-state index contributed by atoms with van der Waals surface area (Å²) >= 11 is 0. The molecule has 0 spiro atoms. The Bertz CT molecular complexity index is 99.3. The molecule has 2 atom stereocenters. The molecule has 58 valence electrons. The van der Waals surface area contributed by atoms with Crippen molar-refractivity contribution in [2.24, 2.45) is 11.8 Å². The predicted octanol–water partition coefficient (Wildman–Crippen LogP) is 2.21. The zero-order valence-corrected chi connectivity index (χ0v) is 6.51. The highest BCUT2D eigenvalue weighted by atomic mass is 16.5. The number of hydrogen-bond donors (Lipinski definition) is 0. The summed E-state index contributed by atoms with van der Waals surface area (Å²) in [7, 11) is 0. The molecule has 1 saturated heterocycles. The van der Waals surface area contributed by atoms with Crippen LogP contribution in [0.3, 0.4) is 0 Å². The van der Waals surface area contributed by atoms with Crippen molar-refractivity contribution >= 4 is 0 Å². The molecular weight excluding hydrogens is 124 g/mol. The molecule has 0 aromatic heterocycles. The quantitative estimate of drug-likeness (QED) is 0.501. The van der Waals surface area contributed by atoms with Crippen molar-refractivity contribution in [2.45, 2.75) is 32.1 Å². The van der Waals surface area contributed by atoms with Crippen molar-refractivity contribution in [2.75, 3.05) is 13.2 Å². The van der Waals surface area contributed by atoms with E-state index in [4.69, 9.17) is 4.74 Å². The fraction of sp³-hybridized carbons (Fsp3) is 1.00. The molecule has 2 rings (SSSR count). The van der Waals surface area contributed by atoms with Gasteiger partial charge in [-0.05, 0) is 24.7 Å². The normalized spacial score (nSPS) is 40.8. The third-order valence-electron chi connectivity index (χ3n) is 3.08. The lowest BCUT2D eigenvalue weighted by Gasteiger charge is -2.13. The van der Waals surface area contributed by atoms with Crippen molar-refractivity contribution in [3.05, 3.63) is 0 Å². The average Bonchev–Trinajstić information content (AvgIpc) is 2.28. The lowest BCUT2D eigenvalue weighted by atomic mass is 9.92. The van der Waals surface area contributed by atoms with E-state index in [1.165, 1.54) is 32.1 Å². The standard InChI is InChI=1S/C9H16O/c1-2-8-4-6-10-7-5-9(8)3-1/h8-9H,1-7H2. The van der Waals surface area contributed by atoms with Gasteiger partial charge in [0.05, 0.1) is 0 Å². The fourth-order valence-corrected chi connectivity index (χ4v) is 2.45. The molecule has 0 aromatic rings. The van der Waals surface area contributed by atoms with Crippen LogP contribution in [0.4, 0.5) is 0 Å². The first-order chi connectivity index (χ1) is 4.97. The van der Waals surface area contributed by atoms with Crippen LogP contribution in [0.25, 0.3) is 0 Å². The molecule has 1 nitrogen and oxygen atoms in total. The molecule has 2 aliphatic rings. The van der Waals surface area contributed by atoms with E-state index in [0.717, 1.165) is 25.0 Å². The molecule has 0 N–H and O–H groups in total. The van der Waals surface area contributed by atoms with Gasteiger partial charge in [-0.2, -0.15) is 0 Å². The van der Waals surface area contributed by atoms with Crippen LogP contribution in [0.2, 0.25) is 0 Å². The average molecular weight is 140 g/mol. The molecule has 2 fully saturated rings. The van der Waals surface area contributed by atoms with E-state index in [0.29, 0.717) is 0 Å². The first-order valence-corrected chi connectivity index (χ1v) is 4.54. The second-order valence-electron chi connectivity index (χ2n) is 3.64. The van der Waals surface area contributed by atoms with Gasteiger partial charge in [0.15, 0.2) is 0 Å². The number of rotatable bonds is 0. The van der Waals surface area contributed by atoms with Crippen molar-refractivity contribution in [1.82, 2.24) is 0 Å². The van der Waals surface area contributed by atoms with Crippen LogP contribution in [-0.4, -0.2) is 13.2 Å². The van der Waals surface area contributed by atoms with Gasteiger partial charge in [0.2, 0.25) is 0 Å². The first kappa shape index (κ1) is 6.66. The molecule has 0 bridgehead atoms. The van der Waals surface area contributed by atoms with Crippen LogP contribution < -0.4 is 0 Å². The summed E-state index contributed by atoms with van der Waals surface area (Å²) in [6.45, 7) is 2.06. The number of hydrogen-bond acceptors (Lipinski definition) is 1. The second-order valence-corrected chi connectivity index (χ2v) is 3.64. The minimum absolute atomic E-state index is 1.03. The van der Waals surface area contributed by atoms with Crippen LogP contribution in [0.15, 0.2) is 0 Å². The van der Waals surface area contributed by atoms with E-state index >= 15 is 0 Å². The molecule has 10 heavy (non-hydrogen) atoms. The molecular formula is C9H16O. The summed E-state index contributed by atoms with van der Waals surface area (Å²) in [5, 5.41) is 0. The predicted molar refractivity (Wildman–Crippen MR) is 40.9 cm³/mol. The Balaban J connectivity index is 1.95. The molecule has 2 unspecified atom stereocenters. The van der Waals surface area contributed by atoms with Gasteiger partial charge < -0.3 is 4.74 Å². The van der Waals surface area contributed by atoms with Crippen LogP contribution >= 0.6 is 0 Å². The summed E-state index contributed by atoms with van der Waals surface area (Å²) < 4.78 is 5.43. The first-order valence-electron chi connectivity index (χ1n) is 4.54. The van der Waals surface area contributed by atoms with E-state index in [-0.39, 0.29) is 0 Å². The van der Waals surface area contributed by atoms with Gasteiger partial charge in [-0.3, -0.25) is 0 Å². The Morgan fingerprint density at radius 3 is 2.00 bits per heavy atom. The van der Waals surface area contributed by atoms with Crippen molar-refractivity contribution < 1.29 is 4.74 Å². The van der Waals surface area contributed by atoms with E-state index in [1.807, 2.05) is 0 Å². The van der Waals surface area contributed by atoms with Crippen LogP contribution in [0.5, 0.6) is 0 Å². The Hall–Kier alpha value is -0.0400. The van der Waals surface area contributed by atoms with Gasteiger partial charge >= 0.3 is 0 Å². The molecule has 0 radical (unpaired) electrons. The highest BCUT2D eigenvalue weighted by Gasteiger charge is 2.27. The summed E-state index contributed by atoms with van der Waals surface area (Å²) in [5.74, 6) is 2.06. The lowest BCUT2D eigenvalue weighted by Crippen LogP contribution is -2.06. The van der Waals surface area contributed by atoms with Gasteiger partial charge in [0, 0.05) is 13.2 Å². The Morgan fingerprint density at radius 2 is 1.40 bits per heavy atom. The Morgan fingerprint density at radius 1 is 0.800 bits per heavy atom. The monoisotopic (exact) mass is 140 g/mol. The summed E-state index contributed by atoms with van der Waals surface area (Å²) in [4.78, 5) is 0. The van der Waals surface area contributed by atoms with E-state index in [2.05, 4.69) is 0 Å². The highest BCUT2D eigenvalue weighted by molar-refractivity contribution is 4.78. The maximum atomic E-state index is 5.43. The fourth-order valence-electron chi connectivity index (χ4n) is 2.45. The van der Waals surface area contributed by atoms with Crippen molar-refractivity contribution in [3.8, 4) is 0 Å². The number of fused-ring (bicyclic) bond motifs is 1. The molecule has 1 heterocycles. The minimum atomic E-state index is 1.03. The summed E-state index contributed by atoms with van der Waals surface area (Å²) in [6.07, 6.45) is 7.12. The van der Waals surface area contributed by atoms with Crippen LogP contribution in [0, 0.1) is 11.8 Å². The summed E-state index contributed by atoms with van der Waals surface area (Å²) in [6, 6.07) is 0. The lowest BCUT2D eigenvalue weighted by molar-refractivity contribution is 0.139. The molecule has 0 aromatic carbocycles. The van der Waals surface area contributed by atoms with Gasteiger partial charge in [0.25, 0.3) is 0 Å². The zero-order chi connectivity index (χ0) is 6.81. The van der Waals surface area contributed by atoms with E-state index < -0.39 is 0 Å². The smallest absolute Gasteiger partial charge is 0.0468 e. The Kier molecular flexibility index (Phi) is 1.94. The summed E-state index contributed by atoms with van der Waals surface area (Å²) in [5.41, 5.74) is 0. The molecule has 0 amide bonds. The third kappa shape index (κ3) is 1.20. The second kappa shape index (κ2) is 2.91. The van der Waals surface area contributed by atoms with Gasteiger partial charge in [-0.25, -0.2) is 0 Å². The molecule has 1 aliphatic heterocycles. The van der Waals surface area contributed by atoms with Gasteiger partial charge in [-0.15, -0.1) is 0 Å². The zero-order valence-electron chi connectivity index (χ0n) is 6.51. The maximum absolute atomic E-state index is 5.43. The largest absolute Gasteiger partial charge is 0.381 e. The molecule has 1 aliphatic carbocycles. The molecule has 1 heteroatoms. The van der Waals surface area contributed by atoms with Crippen molar-refractivity contribution in [1.29, 1.82) is 0 Å². The van der Waals surface area contributed by atoms with Crippen molar-refractivity contribution in [3.63, 3.8) is 0 Å². The maximum Gasteiger partial charge on any atom is 0.0468 e. The highest BCUT2D eigenvalue weighted by Crippen LogP contribution is 2.37.